The molecule has 0 amide bonds. The Kier molecular flexibility index (Phi) is 4.52. The Balaban J connectivity index is 2.28. The van der Waals surface area contributed by atoms with Gasteiger partial charge in [-0.2, -0.15) is 0 Å². The van der Waals surface area contributed by atoms with E-state index in [4.69, 9.17) is 0 Å². The van der Waals surface area contributed by atoms with Crippen LogP contribution in [0.4, 0.5) is 5.82 Å². The van der Waals surface area contributed by atoms with Gasteiger partial charge in [0.2, 0.25) is 0 Å². The predicted molar refractivity (Wildman–Crippen MR) is 96.9 cm³/mol. The smallest absolute Gasteiger partial charge is 0.129 e. The molecule has 1 aliphatic rings. The maximum Gasteiger partial charge on any atom is 0.129 e. The highest BCUT2D eigenvalue weighted by atomic mass is 31.2. The van der Waals surface area contributed by atoms with E-state index < -0.39 is 7.14 Å². The van der Waals surface area contributed by atoms with Crippen molar-refractivity contribution in [2.24, 2.45) is 10.8 Å². The van der Waals surface area contributed by atoms with Gasteiger partial charge in [0.15, 0.2) is 0 Å². The van der Waals surface area contributed by atoms with Gasteiger partial charge in [0.25, 0.3) is 0 Å². The Bertz CT molecular complexity index is 573. The summed E-state index contributed by atoms with van der Waals surface area (Å²) in [5.41, 5.74) is 0.701. The predicted octanol–water partition coefficient (Wildman–Crippen LogP) is 4.37. The molecule has 22 heavy (non-hydrogen) atoms. The molecule has 0 aromatic carbocycles. The van der Waals surface area contributed by atoms with E-state index in [9.17, 15) is 4.57 Å². The fourth-order valence-electron chi connectivity index (χ4n) is 4.18. The summed E-state index contributed by atoms with van der Waals surface area (Å²) in [4.78, 5) is 6.82. The lowest BCUT2D eigenvalue weighted by molar-refractivity contribution is 0.0968. The summed E-state index contributed by atoms with van der Waals surface area (Å²) in [5, 5.41) is 0.915. The lowest BCUT2D eigenvalue weighted by Crippen LogP contribution is -2.45. The number of hydrogen-bond donors (Lipinski definition) is 0. The molecule has 1 fully saturated rings. The van der Waals surface area contributed by atoms with E-state index in [-0.39, 0.29) is 0 Å². The largest absolute Gasteiger partial charge is 0.357 e. The van der Waals surface area contributed by atoms with Gasteiger partial charge < -0.3 is 9.46 Å². The number of pyridine rings is 1. The van der Waals surface area contributed by atoms with E-state index in [1.165, 1.54) is 19.3 Å². The van der Waals surface area contributed by atoms with Crippen molar-refractivity contribution in [1.29, 1.82) is 0 Å². The Labute approximate surface area is 135 Å². The maximum atomic E-state index is 12.3. The van der Waals surface area contributed by atoms with Crippen molar-refractivity contribution in [2.75, 3.05) is 25.3 Å². The summed E-state index contributed by atoms with van der Waals surface area (Å²) in [6, 6.07) is 4.37. The van der Waals surface area contributed by atoms with Crippen molar-refractivity contribution in [3.05, 3.63) is 18.3 Å². The first-order chi connectivity index (χ1) is 9.90. The molecule has 0 aliphatic heterocycles. The van der Waals surface area contributed by atoms with Crippen LogP contribution in [0, 0.1) is 10.8 Å². The normalized spacial score (nSPS) is 21.6. The summed E-state index contributed by atoms with van der Waals surface area (Å²) in [6.07, 6.45) is 5.40. The molecule has 4 heteroatoms. The fraction of sp³-hybridized carbons (Fsp3) is 0.722. The van der Waals surface area contributed by atoms with Crippen LogP contribution in [0.3, 0.4) is 0 Å². The highest BCUT2D eigenvalue weighted by Gasteiger charge is 2.40. The Morgan fingerprint density at radius 2 is 1.73 bits per heavy atom. The van der Waals surface area contributed by atoms with Crippen molar-refractivity contribution in [3.8, 4) is 0 Å². The summed E-state index contributed by atoms with van der Waals surface area (Å²) in [6.45, 7) is 13.1. The van der Waals surface area contributed by atoms with Gasteiger partial charge in [-0.3, -0.25) is 0 Å². The summed E-state index contributed by atoms with van der Waals surface area (Å²) >= 11 is 0. The second-order valence-corrected chi connectivity index (χ2v) is 12.1. The standard InChI is InChI=1S/C18H31N2OP/c1-17(2)11-14(12-18(3,4)13-17)20(5)16-10-15(8-9-19-16)22(6,7)21/h8-10,14H,11-13H2,1-7H3. The van der Waals surface area contributed by atoms with Crippen LogP contribution in [0.25, 0.3) is 0 Å². The quantitative estimate of drug-likeness (QED) is 0.775. The van der Waals surface area contributed by atoms with Crippen LogP contribution >= 0.6 is 7.14 Å². The molecule has 0 spiro atoms. The first-order valence-corrected chi connectivity index (χ1v) is 10.7. The average molecular weight is 322 g/mol. The van der Waals surface area contributed by atoms with Crippen LogP contribution in [-0.2, 0) is 4.57 Å². The van der Waals surface area contributed by atoms with Crippen LogP contribution in [0.5, 0.6) is 0 Å². The molecule has 1 aromatic heterocycles. The molecule has 2 rings (SSSR count). The second-order valence-electron chi connectivity index (χ2n) is 8.90. The molecule has 3 nitrogen and oxygen atoms in total. The Morgan fingerprint density at radius 1 is 1.18 bits per heavy atom. The Morgan fingerprint density at radius 3 is 2.23 bits per heavy atom. The molecule has 1 aromatic rings. The van der Waals surface area contributed by atoms with Gasteiger partial charge in [-0.15, -0.1) is 0 Å². The summed E-state index contributed by atoms with van der Waals surface area (Å²) in [7, 11) is -0.113. The Hall–Kier alpha value is -0.820. The van der Waals surface area contributed by atoms with Crippen molar-refractivity contribution in [3.63, 3.8) is 0 Å². The number of nitrogens with zero attached hydrogens (tertiary/aromatic N) is 2. The molecule has 0 N–H and O–H groups in total. The van der Waals surface area contributed by atoms with Crippen molar-refractivity contribution < 1.29 is 4.57 Å². The topological polar surface area (TPSA) is 33.2 Å². The van der Waals surface area contributed by atoms with Crippen molar-refractivity contribution in [2.45, 2.75) is 53.0 Å². The van der Waals surface area contributed by atoms with Crippen molar-refractivity contribution in [1.82, 2.24) is 4.98 Å². The third kappa shape index (κ3) is 4.13. The zero-order valence-corrected chi connectivity index (χ0v) is 16.1. The minimum atomic E-state index is -2.24. The highest BCUT2D eigenvalue weighted by molar-refractivity contribution is 7.70. The molecule has 0 unspecified atom stereocenters. The second kappa shape index (κ2) is 5.67. The molecule has 1 heterocycles. The fourth-order valence-corrected chi connectivity index (χ4v) is 5.04. The zero-order valence-electron chi connectivity index (χ0n) is 15.2. The van der Waals surface area contributed by atoms with Gasteiger partial charge in [-0.1, -0.05) is 27.7 Å². The van der Waals surface area contributed by atoms with E-state index in [1.807, 2.05) is 25.5 Å². The SMILES string of the molecule is CN(c1cc(P(C)(C)=O)ccn1)C1CC(C)(C)CC(C)(C)C1. The lowest BCUT2D eigenvalue weighted by Gasteiger charge is -2.48. The van der Waals surface area contributed by atoms with Gasteiger partial charge in [-0.25, -0.2) is 4.98 Å². The summed E-state index contributed by atoms with van der Waals surface area (Å²) in [5.74, 6) is 0.944. The van der Waals surface area contributed by atoms with E-state index >= 15 is 0 Å². The third-order valence-electron chi connectivity index (χ3n) is 4.79. The average Bonchev–Trinajstić information content (AvgIpc) is 2.33. The van der Waals surface area contributed by atoms with Crippen molar-refractivity contribution >= 4 is 18.3 Å². The molecular weight excluding hydrogens is 291 g/mol. The minimum absolute atomic E-state index is 0.350. The minimum Gasteiger partial charge on any atom is -0.357 e. The summed E-state index contributed by atoms with van der Waals surface area (Å²) < 4.78 is 12.3. The van der Waals surface area contributed by atoms with Gasteiger partial charge in [-0.05, 0) is 55.6 Å². The van der Waals surface area contributed by atoms with E-state index in [0.717, 1.165) is 11.1 Å². The van der Waals surface area contributed by atoms with Crippen LogP contribution in [0.15, 0.2) is 18.3 Å². The number of rotatable bonds is 3. The van der Waals surface area contributed by atoms with Crippen LogP contribution in [-0.4, -0.2) is 31.4 Å². The molecule has 1 saturated carbocycles. The van der Waals surface area contributed by atoms with Gasteiger partial charge in [0, 0.05) is 24.6 Å². The number of anilines is 1. The number of hydrogen-bond acceptors (Lipinski definition) is 3. The van der Waals surface area contributed by atoms with Crippen LogP contribution in [0.2, 0.25) is 0 Å². The van der Waals surface area contributed by atoms with Gasteiger partial charge >= 0.3 is 0 Å². The molecular formula is C18H31N2OP. The molecule has 1 aliphatic carbocycles. The monoisotopic (exact) mass is 322 g/mol. The molecule has 0 atom stereocenters. The first-order valence-electron chi connectivity index (χ1n) is 8.14. The molecule has 0 radical (unpaired) electrons. The van der Waals surface area contributed by atoms with E-state index in [1.54, 1.807) is 6.20 Å². The molecule has 0 bridgehead atoms. The van der Waals surface area contributed by atoms with Gasteiger partial charge in [0.05, 0.1) is 0 Å². The van der Waals surface area contributed by atoms with Gasteiger partial charge in [0.1, 0.15) is 13.0 Å². The maximum absolute atomic E-state index is 12.3. The zero-order chi connectivity index (χ0) is 16.8. The molecule has 0 saturated heterocycles. The highest BCUT2D eigenvalue weighted by Crippen LogP contribution is 2.47. The van der Waals surface area contributed by atoms with Crippen LogP contribution < -0.4 is 10.2 Å². The van der Waals surface area contributed by atoms with Crippen LogP contribution in [0.1, 0.15) is 47.0 Å². The number of aromatic nitrogens is 1. The molecule has 124 valence electrons. The van der Waals surface area contributed by atoms with E-state index in [0.29, 0.717) is 16.9 Å². The lowest BCUT2D eigenvalue weighted by atomic mass is 9.63. The third-order valence-corrected chi connectivity index (χ3v) is 6.32. The van der Waals surface area contributed by atoms with E-state index in [2.05, 4.69) is 44.6 Å². The first kappa shape index (κ1) is 17.5.